The molecule has 0 unspecified atom stereocenters. The van der Waals surface area contributed by atoms with Crippen molar-refractivity contribution in [1.82, 2.24) is 14.5 Å². The summed E-state index contributed by atoms with van der Waals surface area (Å²) in [5, 5.41) is 3.29. The summed E-state index contributed by atoms with van der Waals surface area (Å²) in [5.74, 6) is 0. The molecule has 4 heteroatoms. The Morgan fingerprint density at radius 2 is 2.08 bits per heavy atom. The second-order valence-corrected chi connectivity index (χ2v) is 3.58. The van der Waals surface area contributed by atoms with Crippen LogP contribution >= 0.6 is 0 Å². The van der Waals surface area contributed by atoms with Crippen molar-refractivity contribution in [1.29, 1.82) is 0 Å². The highest BCUT2D eigenvalue weighted by Gasteiger charge is 2.16. The molecule has 13 heavy (non-hydrogen) atoms. The van der Waals surface area contributed by atoms with Crippen molar-refractivity contribution in [3.05, 3.63) is 22.9 Å². The normalized spacial score (nSPS) is 19.2. The number of piperidine rings is 1. The van der Waals surface area contributed by atoms with Crippen molar-refractivity contribution >= 4 is 0 Å². The molecule has 0 radical (unpaired) electrons. The second kappa shape index (κ2) is 3.38. The van der Waals surface area contributed by atoms with Crippen LogP contribution in [0.5, 0.6) is 0 Å². The van der Waals surface area contributed by atoms with E-state index in [1.807, 2.05) is 17.0 Å². The van der Waals surface area contributed by atoms with E-state index >= 15 is 0 Å². The first kappa shape index (κ1) is 8.56. The van der Waals surface area contributed by atoms with E-state index in [-0.39, 0.29) is 5.69 Å². The molecule has 1 saturated heterocycles. The average molecular weight is 181 g/mol. The highest BCUT2D eigenvalue weighted by Crippen LogP contribution is 2.15. The van der Waals surface area contributed by atoms with Gasteiger partial charge in [-0.05, 0) is 25.9 Å². The van der Waals surface area contributed by atoms with Gasteiger partial charge in [0.2, 0.25) is 0 Å². The monoisotopic (exact) mass is 181 g/mol. The molecule has 72 valence electrons. The van der Waals surface area contributed by atoms with Crippen LogP contribution in [0.4, 0.5) is 0 Å². The molecule has 2 heterocycles. The zero-order valence-electron chi connectivity index (χ0n) is 7.86. The van der Waals surface area contributed by atoms with E-state index in [0.717, 1.165) is 25.9 Å². The first-order valence-corrected chi connectivity index (χ1v) is 4.73. The van der Waals surface area contributed by atoms with Crippen LogP contribution in [-0.2, 0) is 7.05 Å². The molecule has 0 atom stereocenters. The Labute approximate surface area is 77.2 Å². The van der Waals surface area contributed by atoms with Crippen LogP contribution < -0.4 is 11.0 Å². The van der Waals surface area contributed by atoms with Gasteiger partial charge in [-0.1, -0.05) is 0 Å². The fraction of sp³-hybridized carbons (Fsp3) is 0.667. The maximum absolute atomic E-state index is 11.6. The molecule has 1 aromatic rings. The molecule has 1 aliphatic rings. The molecule has 0 spiro atoms. The molecule has 0 bridgehead atoms. The fourth-order valence-electron chi connectivity index (χ4n) is 1.84. The molecule has 0 amide bonds. The lowest BCUT2D eigenvalue weighted by Gasteiger charge is -2.22. The van der Waals surface area contributed by atoms with Gasteiger partial charge < -0.3 is 9.88 Å². The molecule has 4 nitrogen and oxygen atoms in total. The maximum atomic E-state index is 11.6. The van der Waals surface area contributed by atoms with Crippen LogP contribution in [-0.4, -0.2) is 22.2 Å². The zero-order valence-corrected chi connectivity index (χ0v) is 7.86. The average Bonchev–Trinajstić information content (AvgIpc) is 2.49. The largest absolute Gasteiger partial charge is 0.328 e. The molecule has 1 aliphatic heterocycles. The van der Waals surface area contributed by atoms with Gasteiger partial charge >= 0.3 is 5.69 Å². The standard InChI is InChI=1S/C9H15N3O/c1-11-6-7-12(9(11)13)8-2-4-10-5-3-8/h6-8,10H,2-5H2,1H3. The van der Waals surface area contributed by atoms with Gasteiger partial charge in [0, 0.05) is 25.5 Å². The second-order valence-electron chi connectivity index (χ2n) is 3.58. The highest BCUT2D eigenvalue weighted by atomic mass is 16.1. The van der Waals surface area contributed by atoms with Gasteiger partial charge in [-0.25, -0.2) is 4.79 Å². The van der Waals surface area contributed by atoms with Crippen LogP contribution in [0.25, 0.3) is 0 Å². The van der Waals surface area contributed by atoms with Gasteiger partial charge in [-0.15, -0.1) is 0 Å². The molecule has 0 saturated carbocycles. The van der Waals surface area contributed by atoms with Crippen molar-refractivity contribution in [3.8, 4) is 0 Å². The molecular formula is C9H15N3O. The Kier molecular flexibility index (Phi) is 2.22. The number of nitrogens with zero attached hydrogens (tertiary/aromatic N) is 2. The van der Waals surface area contributed by atoms with E-state index in [1.165, 1.54) is 0 Å². The summed E-state index contributed by atoms with van der Waals surface area (Å²) in [6.45, 7) is 2.04. The van der Waals surface area contributed by atoms with Crippen LogP contribution in [0.1, 0.15) is 18.9 Å². The van der Waals surface area contributed by atoms with Crippen LogP contribution in [0.3, 0.4) is 0 Å². The van der Waals surface area contributed by atoms with Crippen molar-refractivity contribution in [3.63, 3.8) is 0 Å². The maximum Gasteiger partial charge on any atom is 0.328 e. The van der Waals surface area contributed by atoms with Crippen molar-refractivity contribution in [2.45, 2.75) is 18.9 Å². The van der Waals surface area contributed by atoms with Crippen LogP contribution in [0.2, 0.25) is 0 Å². The SMILES string of the molecule is Cn1ccn(C2CCNCC2)c1=O. The minimum Gasteiger partial charge on any atom is -0.317 e. The summed E-state index contributed by atoms with van der Waals surface area (Å²) < 4.78 is 3.48. The molecule has 1 N–H and O–H groups in total. The van der Waals surface area contributed by atoms with Crippen molar-refractivity contribution in [2.24, 2.45) is 7.05 Å². The van der Waals surface area contributed by atoms with E-state index in [2.05, 4.69) is 5.32 Å². The van der Waals surface area contributed by atoms with Crippen molar-refractivity contribution in [2.75, 3.05) is 13.1 Å². The lowest BCUT2D eigenvalue weighted by molar-refractivity contribution is 0.359. The zero-order chi connectivity index (χ0) is 9.26. The third-order valence-corrected chi connectivity index (χ3v) is 2.68. The highest BCUT2D eigenvalue weighted by molar-refractivity contribution is 4.86. The Balaban J connectivity index is 2.24. The van der Waals surface area contributed by atoms with E-state index in [9.17, 15) is 4.79 Å². The summed E-state index contributed by atoms with van der Waals surface area (Å²) in [7, 11) is 1.79. The summed E-state index contributed by atoms with van der Waals surface area (Å²) in [6.07, 6.45) is 5.83. The fourth-order valence-corrected chi connectivity index (χ4v) is 1.84. The Bertz CT molecular complexity index is 333. The molecule has 1 fully saturated rings. The Morgan fingerprint density at radius 1 is 1.38 bits per heavy atom. The van der Waals surface area contributed by atoms with Gasteiger partial charge in [-0.2, -0.15) is 0 Å². The number of hydrogen-bond donors (Lipinski definition) is 1. The molecule has 0 aromatic carbocycles. The van der Waals surface area contributed by atoms with Gasteiger partial charge in [0.1, 0.15) is 0 Å². The Hall–Kier alpha value is -1.03. The lowest BCUT2D eigenvalue weighted by Crippen LogP contribution is -2.34. The van der Waals surface area contributed by atoms with E-state index in [1.54, 1.807) is 11.6 Å². The number of aryl methyl sites for hydroxylation is 1. The molecular weight excluding hydrogens is 166 g/mol. The molecule has 2 rings (SSSR count). The number of nitrogens with one attached hydrogen (secondary N) is 1. The number of hydrogen-bond acceptors (Lipinski definition) is 2. The van der Waals surface area contributed by atoms with Gasteiger partial charge in [-0.3, -0.25) is 4.57 Å². The molecule has 1 aromatic heterocycles. The predicted octanol–water partition coefficient (Wildman–Crippen LogP) is 0.111. The summed E-state index contributed by atoms with van der Waals surface area (Å²) in [4.78, 5) is 11.6. The number of imidazole rings is 1. The summed E-state index contributed by atoms with van der Waals surface area (Å²) in [6, 6.07) is 0.398. The van der Waals surface area contributed by atoms with Gasteiger partial charge in [0.05, 0.1) is 0 Å². The number of rotatable bonds is 1. The Morgan fingerprint density at radius 3 is 2.62 bits per heavy atom. The summed E-state index contributed by atoms with van der Waals surface area (Å²) >= 11 is 0. The van der Waals surface area contributed by atoms with Gasteiger partial charge in [0.15, 0.2) is 0 Å². The van der Waals surface area contributed by atoms with Gasteiger partial charge in [0.25, 0.3) is 0 Å². The van der Waals surface area contributed by atoms with E-state index < -0.39 is 0 Å². The smallest absolute Gasteiger partial charge is 0.317 e. The first-order chi connectivity index (χ1) is 6.29. The topological polar surface area (TPSA) is 39.0 Å². The van der Waals surface area contributed by atoms with E-state index in [4.69, 9.17) is 0 Å². The third-order valence-electron chi connectivity index (χ3n) is 2.68. The van der Waals surface area contributed by atoms with Crippen LogP contribution in [0, 0.1) is 0 Å². The van der Waals surface area contributed by atoms with E-state index in [0.29, 0.717) is 6.04 Å². The third kappa shape index (κ3) is 1.54. The van der Waals surface area contributed by atoms with Crippen LogP contribution in [0.15, 0.2) is 17.2 Å². The lowest BCUT2D eigenvalue weighted by atomic mass is 10.1. The quantitative estimate of drug-likeness (QED) is 0.668. The number of aromatic nitrogens is 2. The van der Waals surface area contributed by atoms with Crippen molar-refractivity contribution < 1.29 is 0 Å². The minimum atomic E-state index is 0.104. The summed E-state index contributed by atoms with van der Waals surface area (Å²) in [5.41, 5.74) is 0.104. The minimum absolute atomic E-state index is 0.104. The molecule has 0 aliphatic carbocycles. The predicted molar refractivity (Wildman–Crippen MR) is 50.8 cm³/mol. The first-order valence-electron chi connectivity index (χ1n) is 4.73.